The summed E-state index contributed by atoms with van der Waals surface area (Å²) in [6.45, 7) is 0.293. The molecule has 2 heterocycles. The van der Waals surface area contributed by atoms with Gasteiger partial charge in [-0.15, -0.1) is 0 Å². The number of nitrogens with zero attached hydrogens (tertiary/aromatic N) is 1. The number of furan rings is 1. The summed E-state index contributed by atoms with van der Waals surface area (Å²) in [7, 11) is 0. The molecule has 1 N–H and O–H groups in total. The van der Waals surface area contributed by atoms with Crippen LogP contribution in [0.1, 0.15) is 5.76 Å². The summed E-state index contributed by atoms with van der Waals surface area (Å²) in [6.07, 6.45) is 2.75. The topological polar surface area (TPSA) is 64.4 Å². The van der Waals surface area contributed by atoms with Crippen molar-refractivity contribution >= 4 is 17.0 Å². The van der Waals surface area contributed by atoms with Crippen molar-refractivity contribution in [2.75, 3.05) is 0 Å². The lowest BCUT2D eigenvalue weighted by Gasteiger charge is -2.06. The van der Waals surface area contributed by atoms with E-state index in [1.165, 1.54) is 0 Å². The molecule has 0 unspecified atom stereocenters. The van der Waals surface area contributed by atoms with E-state index < -0.39 is 6.09 Å². The van der Waals surface area contributed by atoms with E-state index in [1.54, 1.807) is 36.7 Å². The molecule has 0 fully saturated rings. The minimum Gasteiger partial charge on any atom is -0.467 e. The maximum atomic E-state index is 11.7. The Kier molecular flexibility index (Phi) is 3.33. The van der Waals surface area contributed by atoms with Crippen LogP contribution in [-0.2, 0) is 6.54 Å². The van der Waals surface area contributed by atoms with Gasteiger partial charge in [-0.3, -0.25) is 4.98 Å². The van der Waals surface area contributed by atoms with Crippen molar-refractivity contribution < 1.29 is 13.9 Å². The molecule has 0 radical (unpaired) electrons. The van der Waals surface area contributed by atoms with Crippen LogP contribution in [0.15, 0.2) is 59.3 Å². The van der Waals surface area contributed by atoms with Crippen molar-refractivity contribution in [1.29, 1.82) is 0 Å². The number of hydrogen-bond acceptors (Lipinski definition) is 4. The van der Waals surface area contributed by atoms with Gasteiger partial charge in [0.15, 0.2) is 0 Å². The Bertz CT molecular complexity index is 723. The smallest absolute Gasteiger partial charge is 0.412 e. The summed E-state index contributed by atoms with van der Waals surface area (Å²) in [5.74, 6) is 1.15. The van der Waals surface area contributed by atoms with Gasteiger partial charge in [-0.05, 0) is 36.4 Å². The molecule has 0 bridgehead atoms. The van der Waals surface area contributed by atoms with Crippen LogP contribution < -0.4 is 10.1 Å². The lowest BCUT2D eigenvalue weighted by molar-refractivity contribution is 0.199. The van der Waals surface area contributed by atoms with Gasteiger partial charge in [-0.25, -0.2) is 4.79 Å². The van der Waals surface area contributed by atoms with E-state index in [-0.39, 0.29) is 0 Å². The highest BCUT2D eigenvalue weighted by atomic mass is 16.6. The zero-order valence-corrected chi connectivity index (χ0v) is 10.6. The quantitative estimate of drug-likeness (QED) is 0.792. The first-order valence-corrected chi connectivity index (χ1v) is 6.14. The van der Waals surface area contributed by atoms with Gasteiger partial charge in [0, 0.05) is 11.6 Å². The SMILES string of the molecule is O=C(NCc1ccco1)Oc1ccc2ncccc2c1. The molecule has 0 aliphatic rings. The molecule has 0 saturated heterocycles. The highest BCUT2D eigenvalue weighted by Gasteiger charge is 2.06. The van der Waals surface area contributed by atoms with Gasteiger partial charge in [0.1, 0.15) is 11.5 Å². The fourth-order valence-electron chi connectivity index (χ4n) is 1.83. The highest BCUT2D eigenvalue weighted by molar-refractivity contribution is 5.81. The fraction of sp³-hybridized carbons (Fsp3) is 0.0667. The molecule has 0 saturated carbocycles. The van der Waals surface area contributed by atoms with Gasteiger partial charge in [0.05, 0.1) is 18.3 Å². The maximum Gasteiger partial charge on any atom is 0.412 e. The Labute approximate surface area is 115 Å². The molecule has 5 heteroatoms. The predicted octanol–water partition coefficient (Wildman–Crippen LogP) is 3.12. The van der Waals surface area contributed by atoms with Gasteiger partial charge in [-0.1, -0.05) is 6.07 Å². The molecule has 0 aliphatic heterocycles. The van der Waals surface area contributed by atoms with Crippen LogP contribution in [0.3, 0.4) is 0 Å². The average molecular weight is 268 g/mol. The number of fused-ring (bicyclic) bond motifs is 1. The molecule has 20 heavy (non-hydrogen) atoms. The molecule has 1 aromatic carbocycles. The Morgan fingerprint density at radius 1 is 1.25 bits per heavy atom. The first-order chi connectivity index (χ1) is 9.81. The van der Waals surface area contributed by atoms with E-state index in [0.29, 0.717) is 18.1 Å². The monoisotopic (exact) mass is 268 g/mol. The normalized spacial score (nSPS) is 10.4. The summed E-state index contributed by atoms with van der Waals surface area (Å²) >= 11 is 0. The van der Waals surface area contributed by atoms with E-state index in [0.717, 1.165) is 10.9 Å². The van der Waals surface area contributed by atoms with Crippen molar-refractivity contribution in [3.63, 3.8) is 0 Å². The number of ether oxygens (including phenoxy) is 1. The molecule has 0 aliphatic carbocycles. The second-order valence-corrected chi connectivity index (χ2v) is 4.18. The molecule has 3 aromatic rings. The number of hydrogen-bond donors (Lipinski definition) is 1. The number of amides is 1. The standard InChI is InChI=1S/C15H12N2O3/c18-15(17-10-13-4-2-8-19-13)20-12-5-6-14-11(9-12)3-1-7-16-14/h1-9H,10H2,(H,17,18). The third-order valence-electron chi connectivity index (χ3n) is 2.77. The molecular weight excluding hydrogens is 256 g/mol. The number of benzene rings is 1. The Morgan fingerprint density at radius 2 is 2.20 bits per heavy atom. The second kappa shape index (κ2) is 5.44. The van der Waals surface area contributed by atoms with Crippen LogP contribution >= 0.6 is 0 Å². The van der Waals surface area contributed by atoms with Gasteiger partial charge >= 0.3 is 6.09 Å². The number of pyridine rings is 1. The predicted molar refractivity (Wildman–Crippen MR) is 73.3 cm³/mol. The number of carbonyl (C=O) groups is 1. The highest BCUT2D eigenvalue weighted by Crippen LogP contribution is 2.18. The van der Waals surface area contributed by atoms with Gasteiger partial charge in [0.2, 0.25) is 0 Å². The van der Waals surface area contributed by atoms with Crippen LogP contribution in [-0.4, -0.2) is 11.1 Å². The minimum atomic E-state index is -0.523. The largest absolute Gasteiger partial charge is 0.467 e. The molecule has 3 rings (SSSR count). The van der Waals surface area contributed by atoms with E-state index in [4.69, 9.17) is 9.15 Å². The number of nitrogens with one attached hydrogen (secondary N) is 1. The lowest BCUT2D eigenvalue weighted by Crippen LogP contribution is -2.26. The Hall–Kier alpha value is -2.82. The van der Waals surface area contributed by atoms with Crippen LogP contribution in [0.2, 0.25) is 0 Å². The molecule has 2 aromatic heterocycles. The number of rotatable bonds is 3. The summed E-state index contributed by atoms with van der Waals surface area (Å²) in [6, 6.07) is 12.6. The van der Waals surface area contributed by atoms with Crippen molar-refractivity contribution in [3.05, 3.63) is 60.7 Å². The first kappa shape index (κ1) is 12.2. The second-order valence-electron chi connectivity index (χ2n) is 4.18. The molecule has 0 spiro atoms. The minimum absolute atomic E-state index is 0.293. The van der Waals surface area contributed by atoms with E-state index in [9.17, 15) is 4.79 Å². The number of aromatic nitrogens is 1. The van der Waals surface area contributed by atoms with Crippen LogP contribution in [0, 0.1) is 0 Å². The van der Waals surface area contributed by atoms with Gasteiger partial charge < -0.3 is 14.5 Å². The summed E-state index contributed by atoms with van der Waals surface area (Å²) in [5, 5.41) is 3.53. The third-order valence-corrected chi connectivity index (χ3v) is 2.77. The lowest BCUT2D eigenvalue weighted by atomic mass is 10.2. The summed E-state index contributed by atoms with van der Waals surface area (Å²) in [4.78, 5) is 15.9. The average Bonchev–Trinajstić information content (AvgIpc) is 2.98. The Morgan fingerprint density at radius 3 is 3.05 bits per heavy atom. The third kappa shape index (κ3) is 2.77. The van der Waals surface area contributed by atoms with E-state index >= 15 is 0 Å². The zero-order chi connectivity index (χ0) is 13.8. The van der Waals surface area contributed by atoms with Crippen LogP contribution in [0.4, 0.5) is 4.79 Å². The van der Waals surface area contributed by atoms with E-state index in [2.05, 4.69) is 10.3 Å². The van der Waals surface area contributed by atoms with Crippen molar-refractivity contribution in [2.45, 2.75) is 6.54 Å². The zero-order valence-electron chi connectivity index (χ0n) is 10.6. The Balaban J connectivity index is 1.65. The van der Waals surface area contributed by atoms with Crippen LogP contribution in [0.5, 0.6) is 5.75 Å². The maximum absolute atomic E-state index is 11.7. The molecule has 0 atom stereocenters. The van der Waals surface area contributed by atoms with Gasteiger partial charge in [0.25, 0.3) is 0 Å². The van der Waals surface area contributed by atoms with E-state index in [1.807, 2.05) is 18.2 Å². The van der Waals surface area contributed by atoms with Crippen molar-refractivity contribution in [1.82, 2.24) is 10.3 Å². The van der Waals surface area contributed by atoms with Crippen molar-refractivity contribution in [3.8, 4) is 5.75 Å². The van der Waals surface area contributed by atoms with Gasteiger partial charge in [-0.2, -0.15) is 0 Å². The molecule has 5 nitrogen and oxygen atoms in total. The van der Waals surface area contributed by atoms with Crippen molar-refractivity contribution in [2.24, 2.45) is 0 Å². The summed E-state index contributed by atoms with van der Waals surface area (Å²) in [5.41, 5.74) is 0.857. The molecule has 100 valence electrons. The summed E-state index contributed by atoms with van der Waals surface area (Å²) < 4.78 is 10.3. The first-order valence-electron chi connectivity index (χ1n) is 6.14. The fourth-order valence-corrected chi connectivity index (χ4v) is 1.83. The number of carbonyl (C=O) groups excluding carboxylic acids is 1. The van der Waals surface area contributed by atoms with Crippen LogP contribution in [0.25, 0.3) is 10.9 Å². The molecular formula is C15H12N2O3. The molecule has 1 amide bonds.